The van der Waals surface area contributed by atoms with Crippen molar-refractivity contribution in [2.75, 3.05) is 6.61 Å². The molecule has 0 aliphatic carbocycles. The first-order valence-electron chi connectivity index (χ1n) is 5.51. The van der Waals surface area contributed by atoms with E-state index in [0.29, 0.717) is 12.1 Å². The fourth-order valence-corrected chi connectivity index (χ4v) is 2.41. The SMILES string of the molecule is CCC(NCc1csnn1)C1CCCO1. The highest BCUT2D eigenvalue weighted by Crippen LogP contribution is 2.17. The van der Waals surface area contributed by atoms with Crippen LogP contribution >= 0.6 is 11.5 Å². The lowest BCUT2D eigenvalue weighted by molar-refractivity contribution is 0.0763. The van der Waals surface area contributed by atoms with E-state index in [4.69, 9.17) is 4.74 Å². The smallest absolute Gasteiger partial charge is 0.0893 e. The van der Waals surface area contributed by atoms with Gasteiger partial charge in [-0.05, 0) is 30.8 Å². The predicted octanol–water partition coefficient (Wildman–Crippen LogP) is 1.59. The quantitative estimate of drug-likeness (QED) is 0.829. The van der Waals surface area contributed by atoms with E-state index < -0.39 is 0 Å². The summed E-state index contributed by atoms with van der Waals surface area (Å²) in [5.74, 6) is 0. The summed E-state index contributed by atoms with van der Waals surface area (Å²) in [7, 11) is 0. The molecule has 1 saturated heterocycles. The molecule has 15 heavy (non-hydrogen) atoms. The standard InChI is InChI=1S/C10H17N3OS/c1-2-9(10-4-3-5-14-10)11-6-8-7-15-13-12-8/h7,9-11H,2-6H2,1H3. The summed E-state index contributed by atoms with van der Waals surface area (Å²) in [6.07, 6.45) is 3.87. The molecule has 1 aliphatic heterocycles. The highest BCUT2D eigenvalue weighted by Gasteiger charge is 2.24. The summed E-state index contributed by atoms with van der Waals surface area (Å²) in [5.41, 5.74) is 1.02. The van der Waals surface area contributed by atoms with E-state index in [2.05, 4.69) is 21.8 Å². The molecule has 1 aromatic heterocycles. The third kappa shape index (κ3) is 2.96. The highest BCUT2D eigenvalue weighted by atomic mass is 32.1. The number of nitrogens with one attached hydrogen (secondary N) is 1. The third-order valence-electron chi connectivity index (χ3n) is 2.80. The Labute approximate surface area is 94.2 Å². The minimum absolute atomic E-state index is 0.390. The molecular weight excluding hydrogens is 210 g/mol. The van der Waals surface area contributed by atoms with E-state index in [1.807, 2.05) is 5.38 Å². The van der Waals surface area contributed by atoms with Crippen molar-refractivity contribution in [3.63, 3.8) is 0 Å². The van der Waals surface area contributed by atoms with Crippen molar-refractivity contribution in [2.24, 2.45) is 0 Å². The van der Waals surface area contributed by atoms with Crippen LogP contribution in [-0.2, 0) is 11.3 Å². The van der Waals surface area contributed by atoms with Crippen LogP contribution in [0, 0.1) is 0 Å². The molecule has 1 aliphatic rings. The van der Waals surface area contributed by atoms with Gasteiger partial charge in [-0.15, -0.1) is 5.10 Å². The summed E-state index contributed by atoms with van der Waals surface area (Å²) >= 11 is 1.40. The molecule has 0 aromatic carbocycles. The van der Waals surface area contributed by atoms with Gasteiger partial charge in [0.15, 0.2) is 0 Å². The van der Waals surface area contributed by atoms with Gasteiger partial charge in [0.1, 0.15) is 0 Å². The second-order valence-electron chi connectivity index (χ2n) is 3.84. The molecule has 2 unspecified atom stereocenters. The molecule has 0 radical (unpaired) electrons. The highest BCUT2D eigenvalue weighted by molar-refractivity contribution is 7.03. The van der Waals surface area contributed by atoms with E-state index in [1.165, 1.54) is 24.4 Å². The molecule has 5 heteroatoms. The maximum absolute atomic E-state index is 5.68. The fraction of sp³-hybridized carbons (Fsp3) is 0.800. The molecule has 2 heterocycles. The van der Waals surface area contributed by atoms with Crippen molar-refractivity contribution in [1.82, 2.24) is 14.9 Å². The van der Waals surface area contributed by atoms with Gasteiger partial charge in [0, 0.05) is 24.6 Å². The van der Waals surface area contributed by atoms with Crippen molar-refractivity contribution in [3.8, 4) is 0 Å². The number of nitrogens with zero attached hydrogens (tertiary/aromatic N) is 2. The van der Waals surface area contributed by atoms with Gasteiger partial charge in [-0.3, -0.25) is 0 Å². The monoisotopic (exact) mass is 227 g/mol. The van der Waals surface area contributed by atoms with E-state index in [9.17, 15) is 0 Å². The number of rotatable bonds is 5. The van der Waals surface area contributed by atoms with E-state index in [0.717, 1.165) is 25.3 Å². The first kappa shape index (κ1) is 11.0. The summed E-state index contributed by atoms with van der Waals surface area (Å²) in [4.78, 5) is 0. The average molecular weight is 227 g/mol. The zero-order valence-electron chi connectivity index (χ0n) is 8.98. The Morgan fingerprint density at radius 2 is 2.67 bits per heavy atom. The number of ether oxygens (including phenoxy) is 1. The lowest BCUT2D eigenvalue weighted by Gasteiger charge is -2.22. The first-order chi connectivity index (χ1) is 7.40. The second-order valence-corrected chi connectivity index (χ2v) is 4.45. The van der Waals surface area contributed by atoms with Crippen LogP contribution in [0.3, 0.4) is 0 Å². The van der Waals surface area contributed by atoms with E-state index in [-0.39, 0.29) is 0 Å². The Bertz CT molecular complexity index is 272. The Hall–Kier alpha value is -0.520. The topological polar surface area (TPSA) is 47.0 Å². The number of aromatic nitrogens is 2. The minimum Gasteiger partial charge on any atom is -0.377 e. The molecule has 0 saturated carbocycles. The molecule has 1 fully saturated rings. The molecule has 2 atom stereocenters. The molecular formula is C10H17N3OS. The van der Waals surface area contributed by atoms with Crippen molar-refractivity contribution >= 4 is 11.5 Å². The van der Waals surface area contributed by atoms with Gasteiger partial charge in [-0.25, -0.2) is 0 Å². The van der Waals surface area contributed by atoms with Crippen LogP contribution in [0.25, 0.3) is 0 Å². The zero-order valence-corrected chi connectivity index (χ0v) is 9.80. The van der Waals surface area contributed by atoms with Gasteiger partial charge >= 0.3 is 0 Å². The van der Waals surface area contributed by atoms with Gasteiger partial charge in [0.25, 0.3) is 0 Å². The Kier molecular flexibility index (Phi) is 4.05. The molecule has 1 aromatic rings. The summed E-state index contributed by atoms with van der Waals surface area (Å²) < 4.78 is 9.52. The maximum Gasteiger partial charge on any atom is 0.0893 e. The van der Waals surface area contributed by atoms with Crippen molar-refractivity contribution in [1.29, 1.82) is 0 Å². The average Bonchev–Trinajstić information content (AvgIpc) is 2.90. The van der Waals surface area contributed by atoms with E-state index >= 15 is 0 Å². The molecule has 0 spiro atoms. The van der Waals surface area contributed by atoms with Crippen LogP contribution in [-0.4, -0.2) is 28.3 Å². The first-order valence-corrected chi connectivity index (χ1v) is 6.34. The van der Waals surface area contributed by atoms with Gasteiger partial charge in [-0.1, -0.05) is 11.4 Å². The minimum atomic E-state index is 0.390. The van der Waals surface area contributed by atoms with Gasteiger partial charge in [-0.2, -0.15) is 0 Å². The predicted molar refractivity (Wildman–Crippen MR) is 59.8 cm³/mol. The Morgan fingerprint density at radius 1 is 1.73 bits per heavy atom. The van der Waals surface area contributed by atoms with Crippen LogP contribution in [0.2, 0.25) is 0 Å². The molecule has 84 valence electrons. The lowest BCUT2D eigenvalue weighted by Crippen LogP contribution is -2.38. The third-order valence-corrected chi connectivity index (χ3v) is 3.36. The molecule has 0 bridgehead atoms. The fourth-order valence-electron chi connectivity index (χ4n) is 1.96. The molecule has 4 nitrogen and oxygen atoms in total. The summed E-state index contributed by atoms with van der Waals surface area (Å²) in [6.45, 7) is 3.91. The number of hydrogen-bond donors (Lipinski definition) is 1. The zero-order chi connectivity index (χ0) is 10.5. The van der Waals surface area contributed by atoms with Crippen LogP contribution in [0.1, 0.15) is 31.9 Å². The van der Waals surface area contributed by atoms with E-state index in [1.54, 1.807) is 0 Å². The molecule has 0 amide bonds. The van der Waals surface area contributed by atoms with Gasteiger partial charge < -0.3 is 10.1 Å². The van der Waals surface area contributed by atoms with Crippen LogP contribution < -0.4 is 5.32 Å². The van der Waals surface area contributed by atoms with Crippen LogP contribution in [0.4, 0.5) is 0 Å². The largest absolute Gasteiger partial charge is 0.377 e. The summed E-state index contributed by atoms with van der Waals surface area (Å²) in [6, 6.07) is 0.453. The van der Waals surface area contributed by atoms with Crippen LogP contribution in [0.15, 0.2) is 5.38 Å². The maximum atomic E-state index is 5.68. The van der Waals surface area contributed by atoms with Gasteiger partial charge in [0.05, 0.1) is 11.8 Å². The Morgan fingerprint density at radius 3 is 3.27 bits per heavy atom. The molecule has 2 rings (SSSR count). The van der Waals surface area contributed by atoms with Crippen LogP contribution in [0.5, 0.6) is 0 Å². The second kappa shape index (κ2) is 5.53. The summed E-state index contributed by atoms with van der Waals surface area (Å²) in [5, 5.41) is 9.49. The van der Waals surface area contributed by atoms with Crippen molar-refractivity contribution in [2.45, 2.75) is 44.9 Å². The Balaban J connectivity index is 1.80. The number of hydrogen-bond acceptors (Lipinski definition) is 5. The normalized spacial score (nSPS) is 23.1. The molecule has 1 N–H and O–H groups in total. The van der Waals surface area contributed by atoms with Crippen molar-refractivity contribution in [3.05, 3.63) is 11.1 Å². The lowest BCUT2D eigenvalue weighted by atomic mass is 10.1. The van der Waals surface area contributed by atoms with Gasteiger partial charge in [0.2, 0.25) is 0 Å². The van der Waals surface area contributed by atoms with Crippen molar-refractivity contribution < 1.29 is 4.74 Å².